The lowest BCUT2D eigenvalue weighted by atomic mass is 10.1. The Morgan fingerprint density at radius 2 is 2.11 bits per heavy atom. The summed E-state index contributed by atoms with van der Waals surface area (Å²) in [6.07, 6.45) is 2.32. The molecule has 5 heteroatoms. The largest absolute Gasteiger partial charge is 0.385 e. The molecule has 102 valence electrons. The topological polar surface area (TPSA) is 74.2 Å². The highest BCUT2D eigenvalue weighted by Gasteiger charge is 2.15. The number of hydrogen-bond acceptors (Lipinski definition) is 5. The zero-order valence-corrected chi connectivity index (χ0v) is 11.1. The third-order valence-corrected chi connectivity index (χ3v) is 2.85. The molecule has 19 heavy (non-hydrogen) atoms. The molecule has 0 aliphatic heterocycles. The van der Waals surface area contributed by atoms with Gasteiger partial charge in [0.15, 0.2) is 5.82 Å². The van der Waals surface area contributed by atoms with E-state index in [1.54, 1.807) is 7.11 Å². The van der Waals surface area contributed by atoms with E-state index in [1.807, 2.05) is 30.3 Å². The molecule has 1 aromatic carbocycles. The highest BCUT2D eigenvalue weighted by atomic mass is 16.5. The Labute approximate surface area is 112 Å². The zero-order valence-electron chi connectivity index (χ0n) is 11.1. The van der Waals surface area contributed by atoms with E-state index in [0.29, 0.717) is 24.7 Å². The fourth-order valence-electron chi connectivity index (χ4n) is 1.85. The SMILES string of the molecule is COCCCc1noc([C@H](N)Cc2ccccc2)n1. The second-order valence-electron chi connectivity index (χ2n) is 4.44. The predicted molar refractivity (Wildman–Crippen MR) is 71.6 cm³/mol. The number of aryl methyl sites for hydroxylation is 1. The van der Waals surface area contributed by atoms with Gasteiger partial charge in [-0.1, -0.05) is 35.5 Å². The van der Waals surface area contributed by atoms with Crippen LogP contribution in [0, 0.1) is 0 Å². The van der Waals surface area contributed by atoms with Crippen molar-refractivity contribution < 1.29 is 9.26 Å². The first-order valence-corrected chi connectivity index (χ1v) is 6.40. The summed E-state index contributed by atoms with van der Waals surface area (Å²) in [6, 6.07) is 9.78. The lowest BCUT2D eigenvalue weighted by Gasteiger charge is -2.05. The number of aromatic nitrogens is 2. The smallest absolute Gasteiger partial charge is 0.243 e. The van der Waals surface area contributed by atoms with Gasteiger partial charge in [0.2, 0.25) is 5.89 Å². The van der Waals surface area contributed by atoms with Gasteiger partial charge in [-0.3, -0.25) is 0 Å². The van der Waals surface area contributed by atoms with E-state index < -0.39 is 0 Å². The Bertz CT molecular complexity index is 484. The minimum atomic E-state index is -0.258. The molecule has 1 aromatic heterocycles. The van der Waals surface area contributed by atoms with E-state index in [1.165, 1.54) is 0 Å². The van der Waals surface area contributed by atoms with Gasteiger partial charge in [0.25, 0.3) is 0 Å². The molecule has 0 radical (unpaired) electrons. The monoisotopic (exact) mass is 261 g/mol. The molecule has 2 rings (SSSR count). The summed E-state index contributed by atoms with van der Waals surface area (Å²) in [7, 11) is 1.68. The maximum Gasteiger partial charge on any atom is 0.243 e. The number of methoxy groups -OCH3 is 1. The molecule has 0 bridgehead atoms. The summed E-state index contributed by atoms with van der Waals surface area (Å²) in [5.41, 5.74) is 7.24. The van der Waals surface area contributed by atoms with Gasteiger partial charge in [-0.15, -0.1) is 0 Å². The summed E-state index contributed by atoms with van der Waals surface area (Å²) in [4.78, 5) is 4.32. The molecule has 0 fully saturated rings. The molecule has 0 saturated carbocycles. The Morgan fingerprint density at radius 3 is 2.84 bits per heavy atom. The molecule has 0 saturated heterocycles. The highest BCUT2D eigenvalue weighted by Crippen LogP contribution is 2.14. The van der Waals surface area contributed by atoms with Crippen molar-refractivity contribution in [2.24, 2.45) is 5.73 Å². The van der Waals surface area contributed by atoms with Crippen LogP contribution in [0.25, 0.3) is 0 Å². The number of nitrogens with zero attached hydrogens (tertiary/aromatic N) is 2. The molecule has 0 amide bonds. The molecular formula is C14H19N3O2. The third kappa shape index (κ3) is 4.15. The predicted octanol–water partition coefficient (Wildman–Crippen LogP) is 1.89. The van der Waals surface area contributed by atoms with Crippen molar-refractivity contribution in [2.75, 3.05) is 13.7 Å². The van der Waals surface area contributed by atoms with Gasteiger partial charge in [0.05, 0.1) is 6.04 Å². The van der Waals surface area contributed by atoms with Crippen LogP contribution in [0.2, 0.25) is 0 Å². The van der Waals surface area contributed by atoms with Crippen molar-refractivity contribution in [3.8, 4) is 0 Å². The van der Waals surface area contributed by atoms with Crippen molar-refractivity contribution in [2.45, 2.75) is 25.3 Å². The normalized spacial score (nSPS) is 12.5. The molecule has 1 atom stereocenters. The Morgan fingerprint density at radius 1 is 1.32 bits per heavy atom. The summed E-state index contributed by atoms with van der Waals surface area (Å²) in [5, 5.41) is 3.93. The van der Waals surface area contributed by atoms with Gasteiger partial charge in [-0.25, -0.2) is 0 Å². The minimum Gasteiger partial charge on any atom is -0.385 e. The Balaban J connectivity index is 1.90. The van der Waals surface area contributed by atoms with Crippen LogP contribution in [-0.2, 0) is 17.6 Å². The molecule has 0 unspecified atom stereocenters. The highest BCUT2D eigenvalue weighted by molar-refractivity contribution is 5.16. The first-order valence-electron chi connectivity index (χ1n) is 6.40. The van der Waals surface area contributed by atoms with E-state index >= 15 is 0 Å². The number of rotatable bonds is 7. The summed E-state index contributed by atoms with van der Waals surface area (Å²) >= 11 is 0. The second-order valence-corrected chi connectivity index (χ2v) is 4.44. The van der Waals surface area contributed by atoms with Crippen LogP contribution in [0.5, 0.6) is 0 Å². The average molecular weight is 261 g/mol. The van der Waals surface area contributed by atoms with Crippen molar-refractivity contribution in [1.29, 1.82) is 0 Å². The van der Waals surface area contributed by atoms with Gasteiger partial charge >= 0.3 is 0 Å². The molecule has 2 N–H and O–H groups in total. The maximum atomic E-state index is 6.07. The average Bonchev–Trinajstić information content (AvgIpc) is 2.89. The summed E-state index contributed by atoms with van der Waals surface area (Å²) in [5.74, 6) is 1.19. The lowest BCUT2D eigenvalue weighted by molar-refractivity contribution is 0.194. The Kier molecular flexibility index (Phi) is 5.06. The zero-order chi connectivity index (χ0) is 13.5. The molecule has 0 aliphatic carbocycles. The first kappa shape index (κ1) is 13.7. The van der Waals surface area contributed by atoms with E-state index in [4.69, 9.17) is 15.0 Å². The van der Waals surface area contributed by atoms with Crippen molar-refractivity contribution in [3.05, 3.63) is 47.6 Å². The number of ether oxygens (including phenoxy) is 1. The Hall–Kier alpha value is -1.72. The molecular weight excluding hydrogens is 242 g/mol. The van der Waals surface area contributed by atoms with Crippen LogP contribution >= 0.6 is 0 Å². The van der Waals surface area contributed by atoms with E-state index in [9.17, 15) is 0 Å². The third-order valence-electron chi connectivity index (χ3n) is 2.85. The lowest BCUT2D eigenvalue weighted by Crippen LogP contribution is -2.13. The number of benzene rings is 1. The molecule has 2 aromatic rings. The molecule has 0 spiro atoms. The molecule has 0 aliphatic rings. The van der Waals surface area contributed by atoms with Crippen LogP contribution in [0.15, 0.2) is 34.9 Å². The van der Waals surface area contributed by atoms with Gasteiger partial charge in [0, 0.05) is 20.1 Å². The van der Waals surface area contributed by atoms with Crippen LogP contribution < -0.4 is 5.73 Å². The quantitative estimate of drug-likeness (QED) is 0.770. The van der Waals surface area contributed by atoms with Crippen LogP contribution in [0.3, 0.4) is 0 Å². The second kappa shape index (κ2) is 7.01. The van der Waals surface area contributed by atoms with Crippen molar-refractivity contribution >= 4 is 0 Å². The molecule has 5 nitrogen and oxygen atoms in total. The van der Waals surface area contributed by atoms with Crippen LogP contribution in [0.4, 0.5) is 0 Å². The molecule has 1 heterocycles. The number of nitrogens with two attached hydrogens (primary N) is 1. The van der Waals surface area contributed by atoms with E-state index in [-0.39, 0.29) is 6.04 Å². The summed E-state index contributed by atoms with van der Waals surface area (Å²) < 4.78 is 10.2. The standard InChI is InChI=1S/C14H19N3O2/c1-18-9-5-8-13-16-14(19-17-13)12(15)10-11-6-3-2-4-7-11/h2-4,6-7,12H,5,8-10,15H2,1H3/t12-/m1/s1. The first-order chi connectivity index (χ1) is 9.29. The fraction of sp³-hybridized carbons (Fsp3) is 0.429. The van der Waals surface area contributed by atoms with Crippen molar-refractivity contribution in [3.63, 3.8) is 0 Å². The fourth-order valence-corrected chi connectivity index (χ4v) is 1.85. The van der Waals surface area contributed by atoms with E-state index in [0.717, 1.165) is 18.4 Å². The van der Waals surface area contributed by atoms with Gasteiger partial charge in [-0.2, -0.15) is 4.98 Å². The van der Waals surface area contributed by atoms with Crippen LogP contribution in [-0.4, -0.2) is 23.9 Å². The van der Waals surface area contributed by atoms with Crippen molar-refractivity contribution in [1.82, 2.24) is 10.1 Å². The van der Waals surface area contributed by atoms with E-state index in [2.05, 4.69) is 10.1 Å². The van der Waals surface area contributed by atoms with Gasteiger partial charge in [-0.05, 0) is 18.4 Å². The van der Waals surface area contributed by atoms with Gasteiger partial charge < -0.3 is 15.0 Å². The van der Waals surface area contributed by atoms with Crippen LogP contribution in [0.1, 0.15) is 29.7 Å². The van der Waals surface area contributed by atoms with Gasteiger partial charge in [0.1, 0.15) is 0 Å². The minimum absolute atomic E-state index is 0.258. The maximum absolute atomic E-state index is 6.07. The summed E-state index contributed by atoms with van der Waals surface area (Å²) in [6.45, 7) is 0.694. The number of hydrogen-bond donors (Lipinski definition) is 1.